The van der Waals surface area contributed by atoms with Crippen LogP contribution in [0.1, 0.15) is 37.3 Å². The topological polar surface area (TPSA) is 131 Å². The molecule has 0 amide bonds. The standard InChI is InChI=1S/C37H38FN5O6/c1-23-5-8-26(9-6-23)43-36(45)28(35(44)41-37(43)46)22-40-25-7-10-32(29(38)19-25)49-31-11-14-39-30-21-34(33(47-3)20-27(30)31)48-18-4-15-42-16-12-24(2)13-17-42/h5-11,14,19-22,24,45H,4,12-13,15-18H2,1-3H3,(H,41,44,46). The normalized spacial score (nSPS) is 14.0. The van der Waals surface area contributed by atoms with E-state index >= 15 is 4.39 Å². The molecule has 2 N–H and O–H groups in total. The minimum atomic E-state index is -0.837. The fraction of sp³-hybridized carbons (Fsp3) is 0.297. The monoisotopic (exact) mass is 667 g/mol. The molecule has 3 aromatic carbocycles. The summed E-state index contributed by atoms with van der Waals surface area (Å²) in [6.45, 7) is 7.96. The van der Waals surface area contributed by atoms with Gasteiger partial charge in [-0.25, -0.2) is 13.8 Å². The number of likely N-dealkylation sites (tertiary alicyclic amines) is 1. The quantitative estimate of drug-likeness (QED) is 0.124. The second-order valence-corrected chi connectivity index (χ2v) is 12.2. The largest absolute Gasteiger partial charge is 0.493 e. The highest BCUT2D eigenvalue weighted by Crippen LogP contribution is 2.38. The number of nitrogens with zero attached hydrogens (tertiary/aromatic N) is 4. The van der Waals surface area contributed by atoms with E-state index in [1.807, 2.05) is 6.92 Å². The second kappa shape index (κ2) is 14.7. The first-order valence-electron chi connectivity index (χ1n) is 16.2. The van der Waals surface area contributed by atoms with E-state index in [1.54, 1.807) is 55.8 Å². The zero-order chi connectivity index (χ0) is 34.5. The van der Waals surface area contributed by atoms with Crippen molar-refractivity contribution < 1.29 is 23.7 Å². The van der Waals surface area contributed by atoms with Gasteiger partial charge < -0.3 is 24.2 Å². The van der Waals surface area contributed by atoms with Crippen molar-refractivity contribution in [1.29, 1.82) is 0 Å². The van der Waals surface area contributed by atoms with Gasteiger partial charge in [-0.2, -0.15) is 0 Å². The Balaban J connectivity index is 1.17. The lowest BCUT2D eigenvalue weighted by Gasteiger charge is -2.30. The van der Waals surface area contributed by atoms with E-state index < -0.39 is 22.9 Å². The molecule has 0 spiro atoms. The summed E-state index contributed by atoms with van der Waals surface area (Å²) in [5.74, 6) is 0.865. The van der Waals surface area contributed by atoms with Crippen LogP contribution in [0.15, 0.2) is 81.4 Å². The molecular weight excluding hydrogens is 629 g/mol. The van der Waals surface area contributed by atoms with Gasteiger partial charge in [-0.15, -0.1) is 0 Å². The van der Waals surface area contributed by atoms with Crippen LogP contribution in [0.2, 0.25) is 0 Å². The van der Waals surface area contributed by atoms with Gasteiger partial charge in [0.25, 0.3) is 5.56 Å². The average molecular weight is 668 g/mol. The number of pyridine rings is 1. The van der Waals surface area contributed by atoms with E-state index in [-0.39, 0.29) is 17.0 Å². The van der Waals surface area contributed by atoms with Gasteiger partial charge in [-0.1, -0.05) is 24.6 Å². The predicted molar refractivity (Wildman–Crippen MR) is 186 cm³/mol. The molecular formula is C37H38FN5O6. The molecule has 0 atom stereocenters. The molecule has 11 nitrogen and oxygen atoms in total. The summed E-state index contributed by atoms with van der Waals surface area (Å²) < 4.78 is 33.9. The lowest BCUT2D eigenvalue weighted by atomic mass is 9.99. The molecule has 49 heavy (non-hydrogen) atoms. The molecule has 0 bridgehead atoms. The zero-order valence-electron chi connectivity index (χ0n) is 27.6. The number of benzene rings is 3. The van der Waals surface area contributed by atoms with Crippen LogP contribution in [0.5, 0.6) is 28.9 Å². The van der Waals surface area contributed by atoms with Gasteiger partial charge in [0, 0.05) is 36.5 Å². The number of aliphatic imine (C=N–C) groups is 1. The maximum Gasteiger partial charge on any atom is 0.335 e. The number of aromatic nitrogens is 3. The number of aryl methyl sites for hydroxylation is 1. The van der Waals surface area contributed by atoms with E-state index in [4.69, 9.17) is 14.2 Å². The number of aromatic amines is 1. The lowest BCUT2D eigenvalue weighted by Crippen LogP contribution is -2.34. The Bertz CT molecular complexity index is 2100. The van der Waals surface area contributed by atoms with Crippen molar-refractivity contribution in [3.05, 3.63) is 105 Å². The number of H-pyrrole nitrogens is 1. The summed E-state index contributed by atoms with van der Waals surface area (Å²) in [5, 5.41) is 11.4. The zero-order valence-corrected chi connectivity index (χ0v) is 27.6. The number of aromatic hydroxyl groups is 1. The van der Waals surface area contributed by atoms with Gasteiger partial charge in [0.15, 0.2) is 23.1 Å². The molecule has 12 heteroatoms. The highest BCUT2D eigenvalue weighted by Gasteiger charge is 2.17. The number of fused-ring (bicyclic) bond motifs is 1. The van der Waals surface area contributed by atoms with E-state index in [2.05, 4.69) is 26.8 Å². The van der Waals surface area contributed by atoms with E-state index in [0.29, 0.717) is 40.4 Å². The van der Waals surface area contributed by atoms with Crippen molar-refractivity contribution in [2.75, 3.05) is 33.4 Å². The molecule has 0 saturated carbocycles. The minimum Gasteiger partial charge on any atom is -0.493 e. The molecule has 0 radical (unpaired) electrons. The van der Waals surface area contributed by atoms with E-state index in [9.17, 15) is 14.7 Å². The Hall–Kier alpha value is -5.49. The van der Waals surface area contributed by atoms with Crippen molar-refractivity contribution >= 4 is 22.8 Å². The second-order valence-electron chi connectivity index (χ2n) is 12.2. The number of piperidine rings is 1. The molecule has 1 aliphatic heterocycles. The first kappa shape index (κ1) is 33.4. The van der Waals surface area contributed by atoms with Gasteiger partial charge >= 0.3 is 5.69 Å². The van der Waals surface area contributed by atoms with Crippen LogP contribution < -0.4 is 25.5 Å². The number of hydrogen-bond donors (Lipinski definition) is 2. The summed E-state index contributed by atoms with van der Waals surface area (Å²) in [6.07, 6.45) is 6.01. The number of hydrogen-bond acceptors (Lipinski definition) is 9. The van der Waals surface area contributed by atoms with Crippen LogP contribution in [0.25, 0.3) is 16.6 Å². The van der Waals surface area contributed by atoms with Gasteiger partial charge in [-0.05, 0) is 81.6 Å². The molecule has 0 aliphatic carbocycles. The van der Waals surface area contributed by atoms with Gasteiger partial charge in [0.2, 0.25) is 5.88 Å². The van der Waals surface area contributed by atoms with Gasteiger partial charge in [-0.3, -0.25) is 19.8 Å². The van der Waals surface area contributed by atoms with Gasteiger partial charge in [0.05, 0.1) is 30.6 Å². The number of ether oxygens (including phenoxy) is 3. The van der Waals surface area contributed by atoms with Crippen LogP contribution in [0.3, 0.4) is 0 Å². The Kier molecular flexibility index (Phi) is 10.0. The Morgan fingerprint density at radius 1 is 1.02 bits per heavy atom. The molecule has 5 aromatic rings. The maximum atomic E-state index is 15.3. The fourth-order valence-corrected chi connectivity index (χ4v) is 5.74. The van der Waals surface area contributed by atoms with Crippen LogP contribution in [0.4, 0.5) is 10.1 Å². The van der Waals surface area contributed by atoms with Crippen LogP contribution >= 0.6 is 0 Å². The number of halogens is 1. The van der Waals surface area contributed by atoms with Crippen molar-refractivity contribution in [3.8, 4) is 34.6 Å². The van der Waals surface area contributed by atoms with E-state index in [0.717, 1.165) is 54.4 Å². The fourth-order valence-electron chi connectivity index (χ4n) is 5.74. The Morgan fingerprint density at radius 3 is 2.53 bits per heavy atom. The number of nitrogens with one attached hydrogen (secondary N) is 1. The lowest BCUT2D eigenvalue weighted by molar-refractivity contribution is 0.176. The molecule has 6 rings (SSSR count). The molecule has 1 saturated heterocycles. The smallest absolute Gasteiger partial charge is 0.335 e. The molecule has 0 unspecified atom stereocenters. The molecule has 2 aromatic heterocycles. The summed E-state index contributed by atoms with van der Waals surface area (Å²) in [7, 11) is 1.56. The van der Waals surface area contributed by atoms with Crippen molar-refractivity contribution in [2.45, 2.75) is 33.1 Å². The van der Waals surface area contributed by atoms with Crippen molar-refractivity contribution in [1.82, 2.24) is 19.4 Å². The Labute approximate surface area is 282 Å². The van der Waals surface area contributed by atoms with Gasteiger partial charge in [0.1, 0.15) is 11.3 Å². The summed E-state index contributed by atoms with van der Waals surface area (Å²) in [4.78, 5) is 38.3. The van der Waals surface area contributed by atoms with Crippen LogP contribution in [0, 0.1) is 18.7 Å². The van der Waals surface area contributed by atoms with Crippen LogP contribution in [-0.4, -0.2) is 64.1 Å². The first-order chi connectivity index (χ1) is 23.7. The highest BCUT2D eigenvalue weighted by molar-refractivity contribution is 5.88. The molecule has 1 fully saturated rings. The minimum absolute atomic E-state index is 0.0635. The van der Waals surface area contributed by atoms with E-state index in [1.165, 1.54) is 25.0 Å². The Morgan fingerprint density at radius 2 is 1.80 bits per heavy atom. The third kappa shape index (κ3) is 7.65. The molecule has 3 heterocycles. The highest BCUT2D eigenvalue weighted by atomic mass is 19.1. The van der Waals surface area contributed by atoms with Crippen molar-refractivity contribution in [3.63, 3.8) is 0 Å². The molecule has 1 aliphatic rings. The third-order valence-corrected chi connectivity index (χ3v) is 8.63. The first-order valence-corrected chi connectivity index (χ1v) is 16.2. The SMILES string of the molecule is COc1cc2c(Oc3ccc(N=Cc4c(O)n(-c5ccc(C)cc5)c(=O)[nH]c4=O)cc3F)ccnc2cc1OCCCN1CCC(C)CC1. The van der Waals surface area contributed by atoms with Crippen molar-refractivity contribution in [2.24, 2.45) is 10.9 Å². The third-order valence-electron chi connectivity index (χ3n) is 8.63. The summed E-state index contributed by atoms with van der Waals surface area (Å²) >= 11 is 0. The molecule has 254 valence electrons. The number of methoxy groups -OCH3 is 1. The summed E-state index contributed by atoms with van der Waals surface area (Å²) in [5.41, 5.74) is 0.144. The predicted octanol–water partition coefficient (Wildman–Crippen LogP) is 6.28. The maximum absolute atomic E-state index is 15.3. The summed E-state index contributed by atoms with van der Waals surface area (Å²) in [6, 6.07) is 16.0. The number of rotatable bonds is 11. The van der Waals surface area contributed by atoms with Crippen LogP contribution in [-0.2, 0) is 0 Å². The average Bonchev–Trinajstić information content (AvgIpc) is 3.09.